The Morgan fingerprint density at radius 3 is 2.06 bits per heavy atom. The van der Waals surface area contributed by atoms with Gasteiger partial charge in [0, 0.05) is 18.4 Å². The van der Waals surface area contributed by atoms with Crippen LogP contribution < -0.4 is 0 Å². The van der Waals surface area contributed by atoms with Crippen molar-refractivity contribution in [1.82, 2.24) is 4.90 Å². The van der Waals surface area contributed by atoms with Crippen molar-refractivity contribution in [2.24, 2.45) is 0 Å². The van der Waals surface area contributed by atoms with Crippen molar-refractivity contribution < 1.29 is 19.4 Å². The summed E-state index contributed by atoms with van der Waals surface area (Å²) in [6, 6.07) is 24.9. The van der Waals surface area contributed by atoms with Crippen LogP contribution in [-0.4, -0.2) is 41.3 Å². The number of carbonyl (C=O) groups excluding carboxylic acids is 1. The van der Waals surface area contributed by atoms with Crippen molar-refractivity contribution in [1.29, 1.82) is 0 Å². The van der Waals surface area contributed by atoms with Crippen LogP contribution in [0.3, 0.4) is 0 Å². The van der Waals surface area contributed by atoms with Crippen LogP contribution >= 0.6 is 0 Å². The molecule has 156 valence electrons. The van der Waals surface area contributed by atoms with Gasteiger partial charge in [-0.05, 0) is 34.2 Å². The number of carboxylic acids is 1. The molecule has 1 aliphatic carbocycles. The summed E-state index contributed by atoms with van der Waals surface area (Å²) in [5.74, 6) is -1.29. The topological polar surface area (TPSA) is 66.8 Å². The predicted octanol–water partition coefficient (Wildman–Crippen LogP) is 4.88. The van der Waals surface area contributed by atoms with Crippen LogP contribution in [0.2, 0.25) is 0 Å². The zero-order chi connectivity index (χ0) is 21.4. The average Bonchev–Trinajstić information content (AvgIpc) is 3.38. The summed E-state index contributed by atoms with van der Waals surface area (Å²) >= 11 is 0. The second kappa shape index (κ2) is 7.91. The molecular formula is C26H23NO4. The molecule has 0 unspecified atom stereocenters. The molecule has 5 heteroatoms. The maximum Gasteiger partial charge on any atom is 0.410 e. The summed E-state index contributed by atoms with van der Waals surface area (Å²) in [5, 5.41) is 9.85. The molecule has 0 aromatic heterocycles. The van der Waals surface area contributed by atoms with E-state index in [0.717, 1.165) is 27.8 Å². The molecule has 1 aliphatic heterocycles. The third kappa shape index (κ3) is 3.36. The Morgan fingerprint density at radius 2 is 1.45 bits per heavy atom. The lowest BCUT2D eigenvalue weighted by molar-refractivity contribution is -0.142. The molecule has 5 nitrogen and oxygen atoms in total. The van der Waals surface area contributed by atoms with E-state index in [-0.39, 0.29) is 18.4 Å². The first-order valence-corrected chi connectivity index (χ1v) is 10.5. The fraction of sp³-hybridized carbons (Fsp3) is 0.231. The van der Waals surface area contributed by atoms with E-state index in [9.17, 15) is 14.7 Å². The van der Waals surface area contributed by atoms with Gasteiger partial charge in [0.05, 0.1) is 0 Å². The highest BCUT2D eigenvalue weighted by molar-refractivity contribution is 5.82. The van der Waals surface area contributed by atoms with Crippen molar-refractivity contribution in [2.45, 2.75) is 24.3 Å². The maximum atomic E-state index is 13.0. The second-order valence-electron chi connectivity index (χ2n) is 8.09. The predicted molar refractivity (Wildman–Crippen MR) is 117 cm³/mol. The molecule has 0 bridgehead atoms. The van der Waals surface area contributed by atoms with Crippen LogP contribution in [0.4, 0.5) is 4.79 Å². The van der Waals surface area contributed by atoms with Crippen LogP contribution in [0.15, 0.2) is 78.9 Å². The molecule has 0 spiro atoms. The van der Waals surface area contributed by atoms with Crippen LogP contribution in [-0.2, 0) is 9.53 Å². The molecule has 0 radical (unpaired) electrons. The van der Waals surface area contributed by atoms with Crippen LogP contribution in [0.1, 0.15) is 34.9 Å². The average molecular weight is 413 g/mol. The Balaban J connectivity index is 1.35. The van der Waals surface area contributed by atoms with Crippen LogP contribution in [0.25, 0.3) is 11.1 Å². The van der Waals surface area contributed by atoms with Gasteiger partial charge in [0.1, 0.15) is 12.6 Å². The Kier molecular flexibility index (Phi) is 4.94. The summed E-state index contributed by atoms with van der Waals surface area (Å²) in [5.41, 5.74) is 5.52. The highest BCUT2D eigenvalue weighted by Crippen LogP contribution is 2.44. The Morgan fingerprint density at radius 1 is 0.871 bits per heavy atom. The van der Waals surface area contributed by atoms with Gasteiger partial charge in [-0.25, -0.2) is 9.59 Å². The molecule has 1 amide bonds. The molecule has 2 aliphatic rings. The number of ether oxygens (including phenoxy) is 1. The number of hydrogen-bond acceptors (Lipinski definition) is 3. The fourth-order valence-corrected chi connectivity index (χ4v) is 5.03. The van der Waals surface area contributed by atoms with Gasteiger partial charge in [0.15, 0.2) is 0 Å². The van der Waals surface area contributed by atoms with Gasteiger partial charge in [-0.3, -0.25) is 4.90 Å². The van der Waals surface area contributed by atoms with Crippen molar-refractivity contribution in [3.63, 3.8) is 0 Å². The summed E-state index contributed by atoms with van der Waals surface area (Å²) in [6.07, 6.45) is 0.0400. The van der Waals surface area contributed by atoms with Crippen molar-refractivity contribution in [3.05, 3.63) is 95.6 Å². The molecule has 1 N–H and O–H groups in total. The zero-order valence-electron chi connectivity index (χ0n) is 17.0. The van der Waals surface area contributed by atoms with Gasteiger partial charge in [0.25, 0.3) is 0 Å². The maximum absolute atomic E-state index is 13.0. The molecule has 31 heavy (non-hydrogen) atoms. The fourth-order valence-electron chi connectivity index (χ4n) is 5.03. The van der Waals surface area contributed by atoms with Gasteiger partial charge in [0.2, 0.25) is 0 Å². The number of carboxylic acid groups (broad SMARTS) is 1. The quantitative estimate of drug-likeness (QED) is 0.662. The van der Waals surface area contributed by atoms with E-state index in [1.54, 1.807) is 0 Å². The minimum atomic E-state index is -1.00. The largest absolute Gasteiger partial charge is 0.480 e. The van der Waals surface area contributed by atoms with Gasteiger partial charge in [-0.1, -0.05) is 78.9 Å². The van der Waals surface area contributed by atoms with E-state index < -0.39 is 18.1 Å². The van der Waals surface area contributed by atoms with E-state index >= 15 is 0 Å². The summed E-state index contributed by atoms with van der Waals surface area (Å²) in [7, 11) is 0. The summed E-state index contributed by atoms with van der Waals surface area (Å²) in [6.45, 7) is 0.554. The highest BCUT2D eigenvalue weighted by atomic mass is 16.6. The molecule has 2 atom stereocenters. The molecule has 5 rings (SSSR count). The molecule has 1 saturated heterocycles. The van der Waals surface area contributed by atoms with Crippen molar-refractivity contribution >= 4 is 12.1 Å². The van der Waals surface area contributed by atoms with Crippen molar-refractivity contribution in [3.8, 4) is 11.1 Å². The molecule has 1 heterocycles. The van der Waals surface area contributed by atoms with E-state index in [0.29, 0.717) is 13.0 Å². The van der Waals surface area contributed by atoms with Gasteiger partial charge in [-0.15, -0.1) is 0 Å². The molecule has 1 fully saturated rings. The number of benzene rings is 3. The first-order valence-electron chi connectivity index (χ1n) is 10.5. The lowest BCUT2D eigenvalue weighted by Crippen LogP contribution is -2.43. The van der Waals surface area contributed by atoms with Crippen LogP contribution in [0, 0.1) is 0 Å². The number of rotatable bonds is 4. The first kappa shape index (κ1) is 19.4. The lowest BCUT2D eigenvalue weighted by atomic mass is 9.92. The summed E-state index contributed by atoms with van der Waals surface area (Å²) in [4.78, 5) is 26.4. The molecule has 0 saturated carbocycles. The standard InChI is InChI=1S/C26H23NO4/c28-25(29)24-18(17-8-2-1-3-9-17)14-15-27(24)26(30)31-16-23-21-12-6-4-10-19(21)20-11-5-7-13-22(20)23/h1-13,18,23-24H,14-16H2,(H,28,29)/t18-,24-/m0/s1. The minimum absolute atomic E-state index is 0.0489. The van der Waals surface area contributed by atoms with E-state index in [1.807, 2.05) is 54.6 Å². The van der Waals surface area contributed by atoms with E-state index in [1.165, 1.54) is 4.90 Å². The third-order valence-corrected chi connectivity index (χ3v) is 6.45. The number of nitrogens with zero attached hydrogens (tertiary/aromatic N) is 1. The lowest BCUT2D eigenvalue weighted by Gasteiger charge is -2.25. The number of aliphatic carboxylic acids is 1. The van der Waals surface area contributed by atoms with Gasteiger partial charge >= 0.3 is 12.1 Å². The van der Waals surface area contributed by atoms with Gasteiger partial charge < -0.3 is 9.84 Å². The Labute approximate surface area is 180 Å². The smallest absolute Gasteiger partial charge is 0.410 e. The number of likely N-dealkylation sites (tertiary alicyclic amines) is 1. The number of amides is 1. The van der Waals surface area contributed by atoms with E-state index in [2.05, 4.69) is 24.3 Å². The van der Waals surface area contributed by atoms with Crippen molar-refractivity contribution in [2.75, 3.05) is 13.2 Å². The number of carbonyl (C=O) groups is 2. The Bertz CT molecular complexity index is 1080. The molecular weight excluding hydrogens is 390 g/mol. The molecule has 3 aromatic carbocycles. The highest BCUT2D eigenvalue weighted by Gasteiger charge is 2.43. The number of hydrogen-bond donors (Lipinski definition) is 1. The third-order valence-electron chi connectivity index (χ3n) is 6.45. The molecule has 3 aromatic rings. The number of fused-ring (bicyclic) bond motifs is 3. The minimum Gasteiger partial charge on any atom is -0.480 e. The summed E-state index contributed by atoms with van der Waals surface area (Å²) < 4.78 is 5.71. The second-order valence-corrected chi connectivity index (χ2v) is 8.09. The normalized spacial score (nSPS) is 19.7. The van der Waals surface area contributed by atoms with Crippen LogP contribution in [0.5, 0.6) is 0 Å². The monoisotopic (exact) mass is 413 g/mol. The van der Waals surface area contributed by atoms with Gasteiger partial charge in [-0.2, -0.15) is 0 Å². The Hall–Kier alpha value is -3.60. The SMILES string of the molecule is O=C(O)[C@@H]1[C@H](c2ccccc2)CCN1C(=O)OCC1c2ccccc2-c2ccccc21. The zero-order valence-corrected chi connectivity index (χ0v) is 17.0. The van der Waals surface area contributed by atoms with E-state index in [4.69, 9.17) is 4.74 Å². The first-order chi connectivity index (χ1) is 15.1.